The predicted octanol–water partition coefficient (Wildman–Crippen LogP) is 2.01. The summed E-state index contributed by atoms with van der Waals surface area (Å²) in [6.45, 7) is 2.44. The number of aromatic nitrogens is 4. The second-order valence-electron chi connectivity index (χ2n) is 6.55. The Morgan fingerprint density at radius 3 is 2.77 bits per heavy atom. The number of hydrogen-bond acceptors (Lipinski definition) is 5. The van der Waals surface area contributed by atoms with Gasteiger partial charge < -0.3 is 4.90 Å². The Morgan fingerprint density at radius 2 is 2.00 bits per heavy atom. The Balaban J connectivity index is 1.76. The van der Waals surface area contributed by atoms with E-state index in [0.29, 0.717) is 29.0 Å². The van der Waals surface area contributed by atoms with Crippen molar-refractivity contribution in [2.24, 2.45) is 7.05 Å². The van der Waals surface area contributed by atoms with E-state index >= 15 is 0 Å². The summed E-state index contributed by atoms with van der Waals surface area (Å²) in [6.07, 6.45) is 4.71. The van der Waals surface area contributed by atoms with E-state index in [2.05, 4.69) is 9.97 Å². The number of fused-ring (bicyclic) bond motifs is 1. The fraction of sp³-hybridized carbons (Fsp3) is 0.316. The Kier molecular flexibility index (Phi) is 3.99. The van der Waals surface area contributed by atoms with Crippen LogP contribution in [0.25, 0.3) is 10.9 Å². The highest BCUT2D eigenvalue weighted by atomic mass is 16.2. The maximum atomic E-state index is 12.9. The first-order chi connectivity index (χ1) is 12.6. The molecule has 1 fully saturated rings. The van der Waals surface area contributed by atoms with E-state index in [-0.39, 0.29) is 17.5 Å². The normalized spacial score (nSPS) is 17.0. The van der Waals surface area contributed by atoms with Crippen molar-refractivity contribution in [2.45, 2.75) is 25.8 Å². The molecule has 1 saturated heterocycles. The fourth-order valence-corrected chi connectivity index (χ4v) is 3.46. The van der Waals surface area contributed by atoms with Gasteiger partial charge in [-0.05, 0) is 31.9 Å². The molecule has 1 atom stereocenters. The van der Waals surface area contributed by atoms with Gasteiger partial charge in [0.25, 0.3) is 11.5 Å². The number of para-hydroxylation sites is 1. The summed E-state index contributed by atoms with van der Waals surface area (Å²) in [5.41, 5.74) is 1.63. The second kappa shape index (κ2) is 6.33. The molecular weight excluding hydrogens is 330 g/mol. The topological polar surface area (TPSA) is 81.0 Å². The molecule has 0 spiro atoms. The first-order valence-electron chi connectivity index (χ1n) is 8.61. The number of carbonyl (C=O) groups excluding carboxylic acids is 1. The van der Waals surface area contributed by atoms with Gasteiger partial charge in [0.1, 0.15) is 11.5 Å². The molecule has 1 aromatic carbocycles. The molecule has 4 rings (SSSR count). The monoisotopic (exact) mass is 349 g/mol. The molecule has 1 unspecified atom stereocenters. The Hall–Kier alpha value is -3.09. The maximum absolute atomic E-state index is 12.9. The molecule has 26 heavy (non-hydrogen) atoms. The van der Waals surface area contributed by atoms with Crippen LogP contribution in [-0.2, 0) is 7.05 Å². The number of nitrogens with zero attached hydrogens (tertiary/aromatic N) is 5. The molecule has 0 N–H and O–H groups in total. The smallest absolute Gasteiger partial charge is 0.274 e. The van der Waals surface area contributed by atoms with Gasteiger partial charge >= 0.3 is 0 Å². The van der Waals surface area contributed by atoms with Gasteiger partial charge in [0.2, 0.25) is 0 Å². The zero-order chi connectivity index (χ0) is 18.3. The van der Waals surface area contributed by atoms with Crippen molar-refractivity contribution in [1.29, 1.82) is 0 Å². The lowest BCUT2D eigenvalue weighted by atomic mass is 10.1. The number of hydrogen-bond donors (Lipinski definition) is 0. The van der Waals surface area contributed by atoms with Crippen molar-refractivity contribution in [1.82, 2.24) is 24.4 Å². The second-order valence-corrected chi connectivity index (χ2v) is 6.55. The van der Waals surface area contributed by atoms with Crippen LogP contribution in [0.15, 0.2) is 41.5 Å². The number of benzene rings is 1. The third kappa shape index (κ3) is 2.65. The molecule has 3 aromatic rings. The third-order valence-corrected chi connectivity index (χ3v) is 4.83. The average molecular weight is 349 g/mol. The van der Waals surface area contributed by atoms with Crippen molar-refractivity contribution < 1.29 is 4.79 Å². The van der Waals surface area contributed by atoms with Gasteiger partial charge in [-0.1, -0.05) is 12.1 Å². The molecule has 0 radical (unpaired) electrons. The van der Waals surface area contributed by atoms with Crippen LogP contribution in [0.3, 0.4) is 0 Å². The molecule has 7 nitrogen and oxygen atoms in total. The molecule has 0 aliphatic carbocycles. The van der Waals surface area contributed by atoms with Crippen molar-refractivity contribution in [3.05, 3.63) is 64.2 Å². The minimum Gasteiger partial charge on any atom is -0.327 e. The van der Waals surface area contributed by atoms with E-state index in [9.17, 15) is 9.59 Å². The zero-order valence-corrected chi connectivity index (χ0v) is 14.7. The molecule has 1 aliphatic heterocycles. The van der Waals surface area contributed by atoms with Crippen LogP contribution < -0.4 is 5.56 Å². The number of likely N-dealkylation sites (tertiary alicyclic amines) is 1. The number of amides is 1. The van der Waals surface area contributed by atoms with Crippen LogP contribution in [0.5, 0.6) is 0 Å². The van der Waals surface area contributed by atoms with Crippen LogP contribution in [0.4, 0.5) is 0 Å². The predicted molar refractivity (Wildman–Crippen MR) is 96.8 cm³/mol. The van der Waals surface area contributed by atoms with Gasteiger partial charge in [0.15, 0.2) is 0 Å². The highest BCUT2D eigenvalue weighted by molar-refractivity contribution is 5.92. The lowest BCUT2D eigenvalue weighted by molar-refractivity contribution is 0.0721. The molecule has 2 aromatic heterocycles. The summed E-state index contributed by atoms with van der Waals surface area (Å²) >= 11 is 0. The molecule has 1 aliphatic rings. The Morgan fingerprint density at radius 1 is 1.19 bits per heavy atom. The largest absolute Gasteiger partial charge is 0.327 e. The highest BCUT2D eigenvalue weighted by Crippen LogP contribution is 2.31. The summed E-state index contributed by atoms with van der Waals surface area (Å²) in [6, 6.07) is 7.04. The van der Waals surface area contributed by atoms with Crippen LogP contribution in [0, 0.1) is 6.92 Å². The van der Waals surface area contributed by atoms with Crippen LogP contribution >= 0.6 is 0 Å². The van der Waals surface area contributed by atoms with E-state index < -0.39 is 0 Å². The Bertz CT molecular complexity index is 1040. The number of rotatable bonds is 2. The molecule has 0 saturated carbocycles. The summed E-state index contributed by atoms with van der Waals surface area (Å²) < 4.78 is 1.55. The minimum atomic E-state index is -0.243. The standard InChI is InChI=1S/C19H19N5O2/c1-12-10-21-15(11-20-12)19(26)24-9-5-8-16(24)17-22-14-7-4-3-6-13(14)18(25)23(17)2/h3-4,6-7,10-11,16H,5,8-9H2,1-2H3. The number of aryl methyl sites for hydroxylation is 1. The van der Waals surface area contributed by atoms with Crippen LogP contribution in [-0.4, -0.2) is 36.9 Å². The van der Waals surface area contributed by atoms with Gasteiger partial charge in [-0.15, -0.1) is 0 Å². The molecule has 132 valence electrons. The molecule has 3 heterocycles. The van der Waals surface area contributed by atoms with Crippen molar-refractivity contribution in [2.75, 3.05) is 6.54 Å². The summed E-state index contributed by atoms with van der Waals surface area (Å²) in [4.78, 5) is 40.4. The molecule has 1 amide bonds. The summed E-state index contributed by atoms with van der Waals surface area (Å²) in [5, 5.41) is 0.582. The van der Waals surface area contributed by atoms with Gasteiger partial charge in [0.05, 0.1) is 28.8 Å². The minimum absolute atomic E-state index is 0.0972. The quantitative estimate of drug-likeness (QED) is 0.707. The lowest BCUT2D eigenvalue weighted by Gasteiger charge is -2.25. The lowest BCUT2D eigenvalue weighted by Crippen LogP contribution is -2.35. The van der Waals surface area contributed by atoms with Gasteiger partial charge in [-0.25, -0.2) is 9.97 Å². The third-order valence-electron chi connectivity index (χ3n) is 4.83. The maximum Gasteiger partial charge on any atom is 0.274 e. The van der Waals surface area contributed by atoms with E-state index in [1.54, 1.807) is 28.8 Å². The fourth-order valence-electron chi connectivity index (χ4n) is 3.46. The highest BCUT2D eigenvalue weighted by Gasteiger charge is 2.34. The first kappa shape index (κ1) is 16.4. The SMILES string of the molecule is Cc1cnc(C(=O)N2CCCC2c2nc3ccccc3c(=O)n2C)cn1. The van der Waals surface area contributed by atoms with Crippen molar-refractivity contribution >= 4 is 16.8 Å². The van der Waals surface area contributed by atoms with Gasteiger partial charge in [-0.3, -0.25) is 19.1 Å². The first-order valence-corrected chi connectivity index (χ1v) is 8.61. The summed E-state index contributed by atoms with van der Waals surface area (Å²) in [7, 11) is 1.71. The average Bonchev–Trinajstić information content (AvgIpc) is 3.14. The summed E-state index contributed by atoms with van der Waals surface area (Å²) in [5.74, 6) is 0.432. The molecule has 7 heteroatoms. The van der Waals surface area contributed by atoms with E-state index in [4.69, 9.17) is 4.98 Å². The molecular formula is C19H19N5O2. The van der Waals surface area contributed by atoms with Crippen LogP contribution in [0.2, 0.25) is 0 Å². The van der Waals surface area contributed by atoms with Crippen LogP contribution in [0.1, 0.15) is 40.9 Å². The Labute approximate surface area is 150 Å². The molecule has 0 bridgehead atoms. The van der Waals surface area contributed by atoms with E-state index in [0.717, 1.165) is 18.5 Å². The van der Waals surface area contributed by atoms with Gasteiger partial charge in [-0.2, -0.15) is 0 Å². The van der Waals surface area contributed by atoms with Crippen molar-refractivity contribution in [3.63, 3.8) is 0 Å². The van der Waals surface area contributed by atoms with E-state index in [1.165, 1.54) is 6.20 Å². The van der Waals surface area contributed by atoms with E-state index in [1.807, 2.05) is 25.1 Å². The zero-order valence-electron chi connectivity index (χ0n) is 14.7. The van der Waals surface area contributed by atoms with Gasteiger partial charge in [0, 0.05) is 19.8 Å². The number of carbonyl (C=O) groups is 1. The van der Waals surface area contributed by atoms with Crippen molar-refractivity contribution in [3.8, 4) is 0 Å².